The molecule has 35 heavy (non-hydrogen) atoms. The summed E-state index contributed by atoms with van der Waals surface area (Å²) < 4.78 is 47.3. The standard InChI is InChI=1S/C26H21F3N2O4/c1-13-8-22(32)25(34)26(35-13)17(14-9-18(27)24(29)19(28)10-14)11-23(33)31-7-6-16-15-4-2-3-5-20(15)30-21(16)12-31/h2-5,8-10,17,30,34H,6-7,11-12H2,1H3/t17-/m0/s1. The summed E-state index contributed by atoms with van der Waals surface area (Å²) in [7, 11) is 0. The number of nitrogens with one attached hydrogen (secondary N) is 1. The number of nitrogens with zero attached hydrogens (tertiary/aromatic N) is 1. The molecule has 0 radical (unpaired) electrons. The number of hydrogen-bond donors (Lipinski definition) is 2. The molecule has 0 unspecified atom stereocenters. The first-order valence-corrected chi connectivity index (χ1v) is 11.1. The number of aryl methyl sites for hydroxylation is 1. The molecule has 5 rings (SSSR count). The Morgan fingerprint density at radius 2 is 1.89 bits per heavy atom. The van der Waals surface area contributed by atoms with Crippen molar-refractivity contribution in [2.24, 2.45) is 0 Å². The number of benzene rings is 2. The predicted octanol–water partition coefficient (Wildman–Crippen LogP) is 4.66. The van der Waals surface area contributed by atoms with E-state index in [1.165, 1.54) is 6.92 Å². The Bertz CT molecular complexity index is 1500. The number of hydrogen-bond acceptors (Lipinski definition) is 4. The Morgan fingerprint density at radius 3 is 2.63 bits per heavy atom. The fourth-order valence-electron chi connectivity index (χ4n) is 4.71. The zero-order valence-electron chi connectivity index (χ0n) is 18.7. The number of aromatic nitrogens is 1. The van der Waals surface area contributed by atoms with Crippen LogP contribution in [0.5, 0.6) is 5.75 Å². The summed E-state index contributed by atoms with van der Waals surface area (Å²) in [5.41, 5.74) is 2.10. The Hall–Kier alpha value is -4.01. The minimum atomic E-state index is -1.66. The van der Waals surface area contributed by atoms with E-state index in [9.17, 15) is 27.9 Å². The van der Waals surface area contributed by atoms with Crippen LogP contribution >= 0.6 is 0 Å². The average Bonchev–Trinajstić information content (AvgIpc) is 3.21. The average molecular weight is 482 g/mol. The molecular formula is C26H21F3N2O4. The molecule has 1 aliphatic rings. The maximum absolute atomic E-state index is 14.1. The molecule has 0 saturated carbocycles. The highest BCUT2D eigenvalue weighted by atomic mass is 19.2. The lowest BCUT2D eigenvalue weighted by Gasteiger charge is -2.29. The molecule has 4 aromatic rings. The quantitative estimate of drug-likeness (QED) is 0.415. The molecule has 0 aliphatic carbocycles. The van der Waals surface area contributed by atoms with Crippen LogP contribution in [-0.4, -0.2) is 27.4 Å². The fourth-order valence-corrected chi connectivity index (χ4v) is 4.71. The van der Waals surface area contributed by atoms with E-state index in [4.69, 9.17) is 4.42 Å². The molecule has 2 N–H and O–H groups in total. The highest BCUT2D eigenvalue weighted by Gasteiger charge is 2.31. The third-order valence-electron chi connectivity index (χ3n) is 6.41. The van der Waals surface area contributed by atoms with Gasteiger partial charge < -0.3 is 19.4 Å². The number of para-hydroxylation sites is 1. The van der Waals surface area contributed by atoms with Gasteiger partial charge in [-0.3, -0.25) is 9.59 Å². The van der Waals surface area contributed by atoms with Gasteiger partial charge >= 0.3 is 0 Å². The van der Waals surface area contributed by atoms with Crippen molar-refractivity contribution in [2.45, 2.75) is 32.2 Å². The van der Waals surface area contributed by atoms with Crippen LogP contribution in [0.25, 0.3) is 10.9 Å². The van der Waals surface area contributed by atoms with Gasteiger partial charge in [0.15, 0.2) is 23.2 Å². The lowest BCUT2D eigenvalue weighted by Crippen LogP contribution is -2.36. The summed E-state index contributed by atoms with van der Waals surface area (Å²) in [5, 5.41) is 11.5. The molecule has 0 bridgehead atoms. The van der Waals surface area contributed by atoms with Gasteiger partial charge in [0.1, 0.15) is 5.76 Å². The van der Waals surface area contributed by atoms with Crippen molar-refractivity contribution in [3.63, 3.8) is 0 Å². The molecule has 3 heterocycles. The minimum absolute atomic E-state index is 0.137. The first-order valence-electron chi connectivity index (χ1n) is 11.1. The van der Waals surface area contributed by atoms with Gasteiger partial charge in [-0.15, -0.1) is 0 Å². The van der Waals surface area contributed by atoms with E-state index >= 15 is 0 Å². The second-order valence-corrected chi connectivity index (χ2v) is 8.68. The number of aromatic amines is 1. The van der Waals surface area contributed by atoms with Crippen molar-refractivity contribution >= 4 is 16.8 Å². The SMILES string of the molecule is Cc1cc(=O)c(O)c([C@@H](CC(=O)N2CCc3c([nH]c4ccccc34)C2)c2cc(F)c(F)c(F)c2)o1. The third kappa shape index (κ3) is 4.07. The topological polar surface area (TPSA) is 86.5 Å². The molecule has 0 saturated heterocycles. The molecule has 0 spiro atoms. The third-order valence-corrected chi connectivity index (χ3v) is 6.41. The van der Waals surface area contributed by atoms with Crippen LogP contribution in [0.1, 0.15) is 40.7 Å². The number of halogens is 3. The van der Waals surface area contributed by atoms with Crippen LogP contribution in [0.3, 0.4) is 0 Å². The summed E-state index contributed by atoms with van der Waals surface area (Å²) in [6.07, 6.45) is 0.250. The van der Waals surface area contributed by atoms with E-state index in [2.05, 4.69) is 4.98 Å². The smallest absolute Gasteiger partial charge is 0.227 e. The molecular weight excluding hydrogens is 461 g/mol. The van der Waals surface area contributed by atoms with Crippen LogP contribution in [0.2, 0.25) is 0 Å². The van der Waals surface area contributed by atoms with Crippen molar-refractivity contribution in [1.82, 2.24) is 9.88 Å². The molecule has 1 amide bonds. The lowest BCUT2D eigenvalue weighted by molar-refractivity contribution is -0.132. The van der Waals surface area contributed by atoms with E-state index in [-0.39, 0.29) is 29.4 Å². The highest BCUT2D eigenvalue weighted by Crippen LogP contribution is 2.36. The van der Waals surface area contributed by atoms with Gasteiger partial charge in [-0.25, -0.2) is 13.2 Å². The molecule has 180 valence electrons. The maximum Gasteiger partial charge on any atom is 0.227 e. The van der Waals surface area contributed by atoms with Crippen molar-refractivity contribution in [3.8, 4) is 5.75 Å². The Kier molecular flexibility index (Phi) is 5.62. The Balaban J connectivity index is 1.50. The fraction of sp³-hybridized carbons (Fsp3) is 0.231. The molecule has 2 aromatic heterocycles. The number of carbonyl (C=O) groups excluding carboxylic acids is 1. The number of amides is 1. The number of H-pyrrole nitrogens is 1. The molecule has 0 fully saturated rings. The van der Waals surface area contributed by atoms with Crippen molar-refractivity contribution in [3.05, 3.63) is 98.5 Å². The molecule has 9 heteroatoms. The van der Waals surface area contributed by atoms with Gasteiger partial charge in [-0.1, -0.05) is 18.2 Å². The van der Waals surface area contributed by atoms with Crippen LogP contribution in [0, 0.1) is 24.4 Å². The van der Waals surface area contributed by atoms with E-state index in [1.807, 2.05) is 24.3 Å². The van der Waals surface area contributed by atoms with Crippen molar-refractivity contribution < 1.29 is 27.5 Å². The second-order valence-electron chi connectivity index (χ2n) is 8.68. The van der Waals surface area contributed by atoms with E-state index in [0.717, 1.165) is 40.4 Å². The van der Waals surface area contributed by atoms with Gasteiger partial charge in [0.25, 0.3) is 0 Å². The molecule has 2 aromatic carbocycles. The highest BCUT2D eigenvalue weighted by molar-refractivity contribution is 5.86. The second kappa shape index (κ2) is 8.65. The number of aromatic hydroxyl groups is 1. The summed E-state index contributed by atoms with van der Waals surface area (Å²) in [6.45, 7) is 2.18. The summed E-state index contributed by atoms with van der Waals surface area (Å²) >= 11 is 0. The van der Waals surface area contributed by atoms with Gasteiger partial charge in [-0.05, 0) is 42.7 Å². The maximum atomic E-state index is 14.1. The van der Waals surface area contributed by atoms with E-state index in [1.54, 1.807) is 4.90 Å². The largest absolute Gasteiger partial charge is 0.502 e. The first kappa shape index (κ1) is 22.8. The van der Waals surface area contributed by atoms with E-state index < -0.39 is 34.5 Å². The zero-order chi connectivity index (χ0) is 24.9. The van der Waals surface area contributed by atoms with E-state index in [0.29, 0.717) is 19.5 Å². The van der Waals surface area contributed by atoms with Gasteiger partial charge in [-0.2, -0.15) is 0 Å². The number of fused-ring (bicyclic) bond motifs is 3. The summed E-state index contributed by atoms with van der Waals surface area (Å²) in [4.78, 5) is 30.4. The van der Waals surface area contributed by atoms with Gasteiger partial charge in [0.05, 0.1) is 12.5 Å². The van der Waals surface area contributed by atoms with Crippen LogP contribution < -0.4 is 5.43 Å². The Morgan fingerprint density at radius 1 is 1.17 bits per heavy atom. The molecule has 1 aliphatic heterocycles. The van der Waals surface area contributed by atoms with Crippen LogP contribution in [0.4, 0.5) is 13.2 Å². The molecule has 1 atom stereocenters. The van der Waals surface area contributed by atoms with Gasteiger partial charge in [0.2, 0.25) is 17.1 Å². The van der Waals surface area contributed by atoms with Crippen LogP contribution in [0.15, 0.2) is 51.7 Å². The lowest BCUT2D eigenvalue weighted by atomic mass is 9.90. The van der Waals surface area contributed by atoms with Crippen molar-refractivity contribution in [2.75, 3.05) is 6.54 Å². The zero-order valence-corrected chi connectivity index (χ0v) is 18.7. The number of rotatable bonds is 4. The van der Waals surface area contributed by atoms with Crippen molar-refractivity contribution in [1.29, 1.82) is 0 Å². The normalized spacial score (nSPS) is 14.2. The van der Waals surface area contributed by atoms with Gasteiger partial charge in [0, 0.05) is 35.6 Å². The first-order chi connectivity index (χ1) is 16.7. The van der Waals surface area contributed by atoms with Crippen LogP contribution in [-0.2, 0) is 17.8 Å². The minimum Gasteiger partial charge on any atom is -0.502 e. The summed E-state index contributed by atoms with van der Waals surface area (Å²) in [6, 6.07) is 10.4. The monoisotopic (exact) mass is 482 g/mol. The number of carbonyl (C=O) groups is 1. The Labute approximate surface area is 197 Å². The predicted molar refractivity (Wildman–Crippen MR) is 122 cm³/mol. The summed E-state index contributed by atoms with van der Waals surface area (Å²) in [5.74, 6) is -7.09. The molecule has 6 nitrogen and oxygen atoms in total.